The highest BCUT2D eigenvalue weighted by Crippen LogP contribution is 2.16. The van der Waals surface area contributed by atoms with Gasteiger partial charge < -0.3 is 4.90 Å². The molecule has 5 heteroatoms. The third-order valence-corrected chi connectivity index (χ3v) is 4.41. The number of pyridine rings is 2. The number of hydrogen-bond donors (Lipinski definition) is 0. The number of carbonyl (C=O) groups excluding carboxylic acids is 1. The Labute approximate surface area is 155 Å². The number of piperidine rings is 1. The summed E-state index contributed by atoms with van der Waals surface area (Å²) >= 11 is 0. The van der Waals surface area contributed by atoms with Crippen LogP contribution in [0.2, 0.25) is 0 Å². The summed E-state index contributed by atoms with van der Waals surface area (Å²) in [5, 5.41) is 0. The second-order valence-electron chi connectivity index (χ2n) is 6.66. The van der Waals surface area contributed by atoms with E-state index in [1.165, 1.54) is 5.57 Å². The Hall–Kier alpha value is -2.87. The Balaban J connectivity index is 1.53. The molecule has 0 unspecified atom stereocenters. The van der Waals surface area contributed by atoms with Crippen molar-refractivity contribution in [2.45, 2.75) is 26.2 Å². The van der Waals surface area contributed by atoms with Gasteiger partial charge in [0.25, 0.3) is 0 Å². The maximum Gasteiger partial charge on any atom is 0.227 e. The average Bonchev–Trinajstić information content (AvgIpc) is 2.62. The first-order valence-electron chi connectivity index (χ1n) is 8.91. The quantitative estimate of drug-likeness (QED) is 0.608. The van der Waals surface area contributed by atoms with Crippen molar-refractivity contribution in [1.29, 1.82) is 0 Å². The molecule has 0 spiro atoms. The number of hydrogen-bond acceptors (Lipinski definition) is 3. The Morgan fingerprint density at radius 2 is 2.12 bits per heavy atom. The molecule has 3 heterocycles. The molecule has 0 radical (unpaired) electrons. The molecule has 1 saturated heterocycles. The largest absolute Gasteiger partial charge is 0.342 e. The number of rotatable bonds is 2. The summed E-state index contributed by atoms with van der Waals surface area (Å²) in [6, 6.07) is 7.87. The Morgan fingerprint density at radius 3 is 2.85 bits per heavy atom. The topological polar surface area (TPSA) is 46.1 Å². The van der Waals surface area contributed by atoms with E-state index in [0.717, 1.165) is 48.3 Å². The summed E-state index contributed by atoms with van der Waals surface area (Å²) in [4.78, 5) is 22.9. The normalized spacial score (nSPS) is 13.7. The van der Waals surface area contributed by atoms with Crippen molar-refractivity contribution in [2.75, 3.05) is 13.1 Å². The Morgan fingerprint density at radius 1 is 1.31 bits per heavy atom. The average molecular weight is 343 g/mol. The van der Waals surface area contributed by atoms with Crippen molar-refractivity contribution in [1.82, 2.24) is 14.9 Å². The van der Waals surface area contributed by atoms with Crippen LogP contribution in [0.3, 0.4) is 0 Å². The monoisotopic (exact) mass is 343 g/mol. The molecule has 1 aliphatic heterocycles. The summed E-state index contributed by atoms with van der Waals surface area (Å²) in [7, 11) is 1.99. The van der Waals surface area contributed by atoms with Gasteiger partial charge in [-0.2, -0.15) is 0 Å². The van der Waals surface area contributed by atoms with Crippen molar-refractivity contribution in [2.24, 2.45) is 0 Å². The fourth-order valence-corrected chi connectivity index (χ4v) is 3.01. The van der Waals surface area contributed by atoms with E-state index in [-0.39, 0.29) is 5.91 Å². The minimum absolute atomic E-state index is 0.173. The van der Waals surface area contributed by atoms with Gasteiger partial charge >= 0.3 is 0 Å². The second-order valence-corrected chi connectivity index (χ2v) is 6.66. The van der Waals surface area contributed by atoms with Gasteiger partial charge in [0.15, 0.2) is 0 Å². The number of amides is 1. The molecule has 4 nitrogen and oxygen atoms in total. The van der Waals surface area contributed by atoms with E-state index in [1.54, 1.807) is 12.4 Å². The first-order valence-corrected chi connectivity index (χ1v) is 8.91. The first-order chi connectivity index (χ1) is 12.6. The van der Waals surface area contributed by atoms with Crippen LogP contribution in [-0.2, 0) is 11.2 Å². The second kappa shape index (κ2) is 8.49. The summed E-state index contributed by atoms with van der Waals surface area (Å²) in [5.74, 6) is 6.35. The summed E-state index contributed by atoms with van der Waals surface area (Å²) < 4.78 is 0. The molecule has 0 atom stereocenters. The SMILES string of the molecule is Bc1cncc(CC(=O)N2CCC(=CC#Cc3cccc(C)n3)CC2)c1. The van der Waals surface area contributed by atoms with E-state index in [4.69, 9.17) is 0 Å². The molecule has 0 saturated carbocycles. The van der Waals surface area contributed by atoms with Gasteiger partial charge in [-0.3, -0.25) is 9.78 Å². The fourth-order valence-electron chi connectivity index (χ4n) is 3.01. The standard InChI is InChI=1S/C21H22BN3O/c1-16-4-2-6-20(24-16)7-3-5-17-8-10-25(11-9-17)21(26)13-18-12-19(22)15-23-14-18/h2,4-6,12,14-15H,8-11,13,22H2,1H3. The van der Waals surface area contributed by atoms with Crippen LogP contribution < -0.4 is 5.46 Å². The number of aromatic nitrogens is 2. The first kappa shape index (κ1) is 17.9. The van der Waals surface area contributed by atoms with Crippen LogP contribution in [-0.4, -0.2) is 41.7 Å². The van der Waals surface area contributed by atoms with Gasteiger partial charge in [0.1, 0.15) is 13.5 Å². The molecular weight excluding hydrogens is 321 g/mol. The number of carbonyl (C=O) groups is 1. The van der Waals surface area contributed by atoms with Crippen molar-refractivity contribution < 1.29 is 4.79 Å². The van der Waals surface area contributed by atoms with Gasteiger partial charge in [-0.05, 0) is 49.5 Å². The van der Waals surface area contributed by atoms with E-state index in [1.807, 2.05) is 50.0 Å². The van der Waals surface area contributed by atoms with Gasteiger partial charge in [0.2, 0.25) is 5.91 Å². The predicted molar refractivity (Wildman–Crippen MR) is 106 cm³/mol. The van der Waals surface area contributed by atoms with Crippen molar-refractivity contribution in [3.63, 3.8) is 0 Å². The number of likely N-dealkylation sites (tertiary alicyclic amines) is 1. The maximum atomic E-state index is 12.5. The molecule has 1 aliphatic rings. The van der Waals surface area contributed by atoms with Gasteiger partial charge in [-0.15, -0.1) is 0 Å². The molecular formula is C21H22BN3O. The van der Waals surface area contributed by atoms with Crippen LogP contribution in [0.25, 0.3) is 0 Å². The van der Waals surface area contributed by atoms with Crippen LogP contribution in [0.1, 0.15) is 29.8 Å². The third kappa shape index (κ3) is 5.06. The van der Waals surface area contributed by atoms with E-state index in [2.05, 4.69) is 21.8 Å². The van der Waals surface area contributed by atoms with Crippen LogP contribution >= 0.6 is 0 Å². The Kier molecular flexibility index (Phi) is 5.86. The Bertz CT molecular complexity index is 885. The van der Waals surface area contributed by atoms with Crippen molar-refractivity contribution in [3.8, 4) is 11.8 Å². The lowest BCUT2D eigenvalue weighted by Crippen LogP contribution is -2.37. The van der Waals surface area contributed by atoms with Crippen molar-refractivity contribution >= 4 is 19.2 Å². The zero-order chi connectivity index (χ0) is 18.4. The zero-order valence-corrected chi connectivity index (χ0v) is 15.3. The minimum atomic E-state index is 0.173. The van der Waals surface area contributed by atoms with Gasteiger partial charge in [0.05, 0.1) is 6.42 Å². The van der Waals surface area contributed by atoms with E-state index in [9.17, 15) is 4.79 Å². The molecule has 26 heavy (non-hydrogen) atoms. The van der Waals surface area contributed by atoms with E-state index in [0.29, 0.717) is 6.42 Å². The molecule has 1 amide bonds. The molecule has 0 bridgehead atoms. The van der Waals surface area contributed by atoms with Gasteiger partial charge in [0, 0.05) is 31.2 Å². The summed E-state index contributed by atoms with van der Waals surface area (Å²) in [6.45, 7) is 3.48. The maximum absolute atomic E-state index is 12.5. The number of allylic oxidation sites excluding steroid dienone is 1. The molecule has 3 rings (SSSR count). The number of nitrogens with zero attached hydrogens (tertiary/aromatic N) is 3. The van der Waals surface area contributed by atoms with E-state index >= 15 is 0 Å². The van der Waals surface area contributed by atoms with Crippen LogP contribution in [0, 0.1) is 18.8 Å². The predicted octanol–water partition coefficient (Wildman–Crippen LogP) is 1.19. The molecule has 1 fully saturated rings. The summed E-state index contributed by atoms with van der Waals surface area (Å²) in [6.07, 6.45) is 7.75. The highest BCUT2D eigenvalue weighted by molar-refractivity contribution is 6.32. The lowest BCUT2D eigenvalue weighted by atomic mass is 9.96. The molecule has 2 aromatic heterocycles. The molecule has 0 aromatic carbocycles. The number of aryl methyl sites for hydroxylation is 1. The highest BCUT2D eigenvalue weighted by atomic mass is 16.2. The highest BCUT2D eigenvalue weighted by Gasteiger charge is 2.19. The molecule has 0 N–H and O–H groups in total. The third-order valence-electron chi connectivity index (χ3n) is 4.41. The lowest BCUT2D eigenvalue weighted by molar-refractivity contribution is -0.130. The van der Waals surface area contributed by atoms with Crippen LogP contribution in [0.4, 0.5) is 0 Å². The fraction of sp³-hybridized carbons (Fsp3) is 0.286. The van der Waals surface area contributed by atoms with E-state index < -0.39 is 0 Å². The summed E-state index contributed by atoms with van der Waals surface area (Å²) in [5.41, 5.74) is 5.13. The van der Waals surface area contributed by atoms with Crippen LogP contribution in [0.5, 0.6) is 0 Å². The molecule has 130 valence electrons. The zero-order valence-electron chi connectivity index (χ0n) is 15.3. The van der Waals surface area contributed by atoms with Crippen LogP contribution in [0.15, 0.2) is 48.3 Å². The minimum Gasteiger partial charge on any atom is -0.342 e. The van der Waals surface area contributed by atoms with Gasteiger partial charge in [-0.1, -0.05) is 29.1 Å². The van der Waals surface area contributed by atoms with Crippen molar-refractivity contribution in [3.05, 3.63) is 65.3 Å². The lowest BCUT2D eigenvalue weighted by Gasteiger charge is -2.28. The van der Waals surface area contributed by atoms with Gasteiger partial charge in [-0.25, -0.2) is 4.98 Å². The smallest absolute Gasteiger partial charge is 0.227 e. The molecule has 2 aromatic rings. The molecule has 0 aliphatic carbocycles.